The summed E-state index contributed by atoms with van der Waals surface area (Å²) in [6, 6.07) is 11.1. The number of carbonyl (C=O) groups is 1. The largest absolute Gasteiger partial charge is 0.478 e. The zero-order valence-corrected chi connectivity index (χ0v) is 11.9. The molecule has 0 fully saturated rings. The minimum Gasteiger partial charge on any atom is -0.478 e. The third-order valence-corrected chi connectivity index (χ3v) is 4.44. The number of fused-ring (bicyclic) bond motifs is 1. The molecule has 0 atom stereocenters. The number of carboxylic acid groups (broad SMARTS) is 1. The van der Waals surface area contributed by atoms with Gasteiger partial charge in [0.1, 0.15) is 10.9 Å². The maximum Gasteiger partial charge on any atom is 0.335 e. The fraction of sp³-hybridized carbons (Fsp3) is 0.0588. The van der Waals surface area contributed by atoms with Gasteiger partial charge >= 0.3 is 5.97 Å². The second kappa shape index (κ2) is 5.39. The Balaban J connectivity index is 2.00. The maximum absolute atomic E-state index is 11.1. The Kier molecular flexibility index (Phi) is 3.43. The number of aromatic carboxylic acids is 1. The Morgan fingerprint density at radius 1 is 1.29 bits per heavy atom. The second-order valence-corrected chi connectivity index (χ2v) is 5.81. The molecule has 0 spiro atoms. The van der Waals surface area contributed by atoms with Crippen molar-refractivity contribution in [3.8, 4) is 6.07 Å². The third kappa shape index (κ3) is 2.64. The van der Waals surface area contributed by atoms with Crippen molar-refractivity contribution >= 4 is 29.0 Å². The third-order valence-electron chi connectivity index (χ3n) is 3.38. The predicted molar refractivity (Wildman–Crippen MR) is 83.2 cm³/mol. The van der Waals surface area contributed by atoms with E-state index in [1.54, 1.807) is 12.1 Å². The van der Waals surface area contributed by atoms with Gasteiger partial charge in [0.2, 0.25) is 0 Å². The van der Waals surface area contributed by atoms with Gasteiger partial charge in [-0.1, -0.05) is 24.3 Å². The van der Waals surface area contributed by atoms with Crippen LogP contribution in [0.5, 0.6) is 0 Å². The number of hydrogen-bond donors (Lipinski definition) is 1. The quantitative estimate of drug-likeness (QED) is 0.911. The molecule has 1 aromatic heterocycles. The SMILES string of the molecule is N#Cc1ccc(C2=CC=Cc3ccc(C(=O)O)cc3C2)s1. The van der Waals surface area contributed by atoms with E-state index in [4.69, 9.17) is 10.4 Å². The Hall–Kier alpha value is -2.64. The van der Waals surface area contributed by atoms with E-state index >= 15 is 0 Å². The highest BCUT2D eigenvalue weighted by Crippen LogP contribution is 2.30. The van der Waals surface area contributed by atoms with Crippen molar-refractivity contribution in [2.45, 2.75) is 6.42 Å². The zero-order valence-electron chi connectivity index (χ0n) is 11.0. The van der Waals surface area contributed by atoms with Gasteiger partial charge in [-0.05, 0) is 47.4 Å². The standard InChI is InChI=1S/C17H11NO2S/c18-10-15-6-7-16(21-15)12-3-1-2-11-4-5-13(17(19)20)9-14(11)8-12/h1-7,9H,8H2,(H,19,20). The number of carboxylic acids is 1. The normalized spacial score (nSPS) is 13.0. The molecule has 0 unspecified atom stereocenters. The predicted octanol–water partition coefficient (Wildman–Crippen LogP) is 3.97. The van der Waals surface area contributed by atoms with Crippen LogP contribution in [0.3, 0.4) is 0 Å². The summed E-state index contributed by atoms with van der Waals surface area (Å²) in [6.07, 6.45) is 6.63. The zero-order chi connectivity index (χ0) is 14.8. The first-order chi connectivity index (χ1) is 10.2. The highest BCUT2D eigenvalue weighted by atomic mass is 32.1. The van der Waals surface area contributed by atoms with E-state index in [2.05, 4.69) is 6.07 Å². The molecular formula is C17H11NO2S. The molecule has 0 aliphatic heterocycles. The molecular weight excluding hydrogens is 282 g/mol. The first kappa shape index (κ1) is 13.3. The van der Waals surface area contributed by atoms with Gasteiger partial charge in [0.25, 0.3) is 0 Å². The van der Waals surface area contributed by atoms with Crippen LogP contribution in [0.4, 0.5) is 0 Å². The molecule has 102 valence electrons. The summed E-state index contributed by atoms with van der Waals surface area (Å²) in [5, 5.41) is 18.0. The fourth-order valence-corrected chi connectivity index (χ4v) is 3.15. The number of nitrogens with zero attached hydrogens (tertiary/aromatic N) is 1. The van der Waals surface area contributed by atoms with Crippen molar-refractivity contribution in [3.05, 3.63) is 68.9 Å². The molecule has 0 radical (unpaired) electrons. The molecule has 3 rings (SSSR count). The van der Waals surface area contributed by atoms with Crippen LogP contribution in [0.2, 0.25) is 0 Å². The summed E-state index contributed by atoms with van der Waals surface area (Å²) in [5.41, 5.74) is 3.41. The van der Waals surface area contributed by atoms with Gasteiger partial charge in [-0.25, -0.2) is 4.79 Å². The van der Waals surface area contributed by atoms with E-state index in [1.165, 1.54) is 11.3 Å². The smallest absolute Gasteiger partial charge is 0.335 e. The number of benzene rings is 1. The Bertz CT molecular complexity index is 822. The Labute approximate surface area is 126 Å². The van der Waals surface area contributed by atoms with Crippen LogP contribution in [0.1, 0.15) is 31.2 Å². The molecule has 1 N–H and O–H groups in total. The summed E-state index contributed by atoms with van der Waals surface area (Å²) in [6.45, 7) is 0. The van der Waals surface area contributed by atoms with Gasteiger partial charge in [-0.2, -0.15) is 5.26 Å². The van der Waals surface area contributed by atoms with Crippen LogP contribution in [0.15, 0.2) is 42.5 Å². The van der Waals surface area contributed by atoms with Crippen molar-refractivity contribution in [1.82, 2.24) is 0 Å². The minimum absolute atomic E-state index is 0.298. The molecule has 0 saturated heterocycles. The fourth-order valence-electron chi connectivity index (χ4n) is 2.33. The molecule has 21 heavy (non-hydrogen) atoms. The molecule has 1 aliphatic carbocycles. The van der Waals surface area contributed by atoms with E-state index in [9.17, 15) is 4.79 Å². The van der Waals surface area contributed by atoms with Gasteiger partial charge in [-0.3, -0.25) is 0 Å². The van der Waals surface area contributed by atoms with Crippen LogP contribution >= 0.6 is 11.3 Å². The average Bonchev–Trinajstić information content (AvgIpc) is 2.86. The van der Waals surface area contributed by atoms with E-state index in [0.29, 0.717) is 16.9 Å². The number of allylic oxidation sites excluding steroid dienone is 3. The lowest BCUT2D eigenvalue weighted by Gasteiger charge is -2.08. The average molecular weight is 293 g/mol. The first-order valence-electron chi connectivity index (χ1n) is 6.41. The van der Waals surface area contributed by atoms with E-state index < -0.39 is 5.97 Å². The van der Waals surface area contributed by atoms with Crippen LogP contribution < -0.4 is 0 Å². The summed E-state index contributed by atoms with van der Waals surface area (Å²) < 4.78 is 0. The van der Waals surface area contributed by atoms with Crippen molar-refractivity contribution in [2.75, 3.05) is 0 Å². The molecule has 0 bridgehead atoms. The molecule has 2 aromatic rings. The monoisotopic (exact) mass is 293 g/mol. The van der Waals surface area contributed by atoms with Gasteiger partial charge in [0.15, 0.2) is 0 Å². The van der Waals surface area contributed by atoms with Crippen molar-refractivity contribution in [3.63, 3.8) is 0 Å². The van der Waals surface area contributed by atoms with Crippen LogP contribution in [-0.4, -0.2) is 11.1 Å². The molecule has 1 heterocycles. The number of thiophene rings is 1. The number of hydrogen-bond acceptors (Lipinski definition) is 3. The summed E-state index contributed by atoms with van der Waals surface area (Å²) >= 11 is 1.45. The van der Waals surface area contributed by atoms with Crippen molar-refractivity contribution in [2.24, 2.45) is 0 Å². The van der Waals surface area contributed by atoms with Gasteiger partial charge < -0.3 is 5.11 Å². The summed E-state index contributed by atoms with van der Waals surface area (Å²) in [5.74, 6) is -0.917. The Morgan fingerprint density at radius 3 is 2.86 bits per heavy atom. The summed E-state index contributed by atoms with van der Waals surface area (Å²) in [4.78, 5) is 12.8. The lowest BCUT2D eigenvalue weighted by Crippen LogP contribution is -1.99. The van der Waals surface area contributed by atoms with Gasteiger partial charge in [0, 0.05) is 4.88 Å². The lowest BCUT2D eigenvalue weighted by atomic mass is 9.98. The Morgan fingerprint density at radius 2 is 2.14 bits per heavy atom. The topological polar surface area (TPSA) is 61.1 Å². The molecule has 1 aromatic carbocycles. The maximum atomic E-state index is 11.1. The molecule has 3 nitrogen and oxygen atoms in total. The number of rotatable bonds is 2. The number of nitriles is 1. The molecule has 1 aliphatic rings. The molecule has 4 heteroatoms. The second-order valence-electron chi connectivity index (χ2n) is 4.72. The van der Waals surface area contributed by atoms with E-state index in [-0.39, 0.29) is 0 Å². The van der Waals surface area contributed by atoms with Crippen LogP contribution in [0.25, 0.3) is 11.6 Å². The van der Waals surface area contributed by atoms with Crippen LogP contribution in [0, 0.1) is 11.3 Å². The van der Waals surface area contributed by atoms with Crippen LogP contribution in [-0.2, 0) is 6.42 Å². The first-order valence-corrected chi connectivity index (χ1v) is 7.23. The van der Waals surface area contributed by atoms with E-state index in [1.807, 2.05) is 36.4 Å². The summed E-state index contributed by atoms with van der Waals surface area (Å²) in [7, 11) is 0. The van der Waals surface area contributed by atoms with Gasteiger partial charge in [-0.15, -0.1) is 11.3 Å². The van der Waals surface area contributed by atoms with E-state index in [0.717, 1.165) is 21.6 Å². The highest BCUT2D eigenvalue weighted by Gasteiger charge is 2.13. The highest BCUT2D eigenvalue weighted by molar-refractivity contribution is 7.13. The lowest BCUT2D eigenvalue weighted by molar-refractivity contribution is 0.0697. The van der Waals surface area contributed by atoms with Crippen molar-refractivity contribution < 1.29 is 9.90 Å². The minimum atomic E-state index is -0.917. The molecule has 0 saturated carbocycles. The van der Waals surface area contributed by atoms with Crippen molar-refractivity contribution in [1.29, 1.82) is 5.26 Å². The molecule has 0 amide bonds. The van der Waals surface area contributed by atoms with Gasteiger partial charge in [0.05, 0.1) is 5.56 Å².